The smallest absolute Gasteiger partial charge is 0.361 e. The first kappa shape index (κ1) is 80.7. The summed E-state index contributed by atoms with van der Waals surface area (Å²) in [5.74, 6) is -2.01. The number of aliphatic carboxylic acids is 1. The second kappa shape index (κ2) is 65.7. The van der Waals surface area contributed by atoms with Crippen molar-refractivity contribution in [3.63, 3.8) is 0 Å². The lowest BCUT2D eigenvalue weighted by molar-refractivity contribution is -0.870. The Labute approximate surface area is 523 Å². The Morgan fingerprint density at radius 2 is 0.671 bits per heavy atom. The first-order chi connectivity index (χ1) is 41.6. The van der Waals surface area contributed by atoms with Crippen molar-refractivity contribution in [3.05, 3.63) is 122 Å². The summed E-state index contributed by atoms with van der Waals surface area (Å²) >= 11 is 0. The van der Waals surface area contributed by atoms with Crippen molar-refractivity contribution in [2.24, 2.45) is 0 Å². The molecule has 0 fully saturated rings. The van der Waals surface area contributed by atoms with Crippen molar-refractivity contribution in [2.45, 2.75) is 296 Å². The highest BCUT2D eigenvalue weighted by atomic mass is 16.7. The van der Waals surface area contributed by atoms with E-state index in [-0.39, 0.29) is 32.2 Å². The molecule has 0 heterocycles. The van der Waals surface area contributed by atoms with E-state index in [1.165, 1.54) is 161 Å². The number of carboxylic acid groups (broad SMARTS) is 1. The molecule has 2 atom stereocenters. The van der Waals surface area contributed by atoms with Gasteiger partial charge in [0.1, 0.15) is 13.2 Å². The predicted octanol–water partition coefficient (Wildman–Crippen LogP) is 21.6. The van der Waals surface area contributed by atoms with Gasteiger partial charge in [-0.3, -0.25) is 9.59 Å². The van der Waals surface area contributed by atoms with Gasteiger partial charge in [-0.05, 0) is 109 Å². The van der Waals surface area contributed by atoms with Crippen LogP contribution in [0.1, 0.15) is 284 Å². The third-order valence-electron chi connectivity index (χ3n) is 14.7. The van der Waals surface area contributed by atoms with Gasteiger partial charge in [-0.25, -0.2) is 4.79 Å². The van der Waals surface area contributed by atoms with Crippen molar-refractivity contribution in [1.82, 2.24) is 0 Å². The molecule has 0 aliphatic rings. The van der Waals surface area contributed by atoms with Gasteiger partial charge in [0.2, 0.25) is 0 Å². The zero-order valence-corrected chi connectivity index (χ0v) is 55.5. The van der Waals surface area contributed by atoms with E-state index in [4.69, 9.17) is 18.9 Å². The zero-order valence-electron chi connectivity index (χ0n) is 55.5. The highest BCUT2D eigenvalue weighted by Crippen LogP contribution is 2.17. The molecule has 0 amide bonds. The lowest BCUT2D eigenvalue weighted by Gasteiger charge is -2.25. The Balaban J connectivity index is 4.06. The number of nitrogens with zero attached hydrogens (tertiary/aromatic N) is 1. The standard InChI is InChI=1S/C76H129NO8/c1-6-8-10-12-14-16-18-20-22-24-26-27-28-29-30-31-32-33-34-35-36-37-38-39-40-41-42-43-44-45-46-47-49-51-53-55-57-59-61-63-65-67-74(79)85-72(71-84-76(75(80)81)82-69-68-77(3,4)5)70-83-73(78)66-64-62-60-58-56-54-52-50-48-25-23-21-19-17-15-13-11-9-7-2/h8,10,14-17,20-23,26-27,29-30,32-33,35-36,38-39,72,76H,6-7,9,11-13,18-19,24-25,28,31,34,37,40-71H2,1-5H3/p+1/b10-8-,16-14-,17-15-,22-20-,23-21-,27-26-,30-29-,33-32-,36-35-,39-38-. The number of esters is 2. The van der Waals surface area contributed by atoms with Gasteiger partial charge in [-0.15, -0.1) is 0 Å². The fraction of sp³-hybridized carbons (Fsp3) is 0.697. The Morgan fingerprint density at radius 3 is 1.00 bits per heavy atom. The third kappa shape index (κ3) is 67.1. The van der Waals surface area contributed by atoms with Crippen LogP contribution < -0.4 is 0 Å². The molecule has 0 saturated carbocycles. The van der Waals surface area contributed by atoms with Crippen LogP contribution in [0.4, 0.5) is 0 Å². The molecule has 0 bridgehead atoms. The molecule has 9 nitrogen and oxygen atoms in total. The van der Waals surface area contributed by atoms with Crippen molar-refractivity contribution in [2.75, 3.05) is 47.5 Å². The average molecular weight is 1190 g/mol. The summed E-state index contributed by atoms with van der Waals surface area (Å²) in [5.41, 5.74) is 0. The molecule has 0 aliphatic carbocycles. The highest BCUT2D eigenvalue weighted by molar-refractivity contribution is 5.71. The minimum absolute atomic E-state index is 0.184. The number of quaternary nitrogens is 1. The first-order valence-electron chi connectivity index (χ1n) is 34.7. The molecule has 85 heavy (non-hydrogen) atoms. The lowest BCUT2D eigenvalue weighted by atomic mass is 10.0. The summed E-state index contributed by atoms with van der Waals surface area (Å²) in [6.45, 7) is 4.75. The van der Waals surface area contributed by atoms with E-state index in [2.05, 4.69) is 135 Å². The van der Waals surface area contributed by atoms with Crippen molar-refractivity contribution in [1.29, 1.82) is 0 Å². The van der Waals surface area contributed by atoms with Gasteiger partial charge in [0.15, 0.2) is 6.10 Å². The topological polar surface area (TPSA) is 108 Å². The van der Waals surface area contributed by atoms with Gasteiger partial charge in [-0.1, -0.05) is 283 Å². The maximum atomic E-state index is 12.9. The number of allylic oxidation sites excluding steroid dienone is 20. The zero-order chi connectivity index (χ0) is 61.9. The van der Waals surface area contributed by atoms with Crippen LogP contribution in [0, 0.1) is 0 Å². The molecule has 0 saturated heterocycles. The molecule has 0 aliphatic heterocycles. The number of carbonyl (C=O) groups is 3. The molecular formula is C76H130NO8+. The molecule has 9 heteroatoms. The third-order valence-corrected chi connectivity index (χ3v) is 14.7. The van der Waals surface area contributed by atoms with Crippen molar-refractivity contribution >= 4 is 17.9 Å². The van der Waals surface area contributed by atoms with Gasteiger partial charge in [-0.2, -0.15) is 0 Å². The molecule has 0 aromatic rings. The molecule has 1 N–H and O–H groups in total. The van der Waals surface area contributed by atoms with Crippen molar-refractivity contribution < 1.29 is 42.9 Å². The molecule has 0 rings (SSSR count). The summed E-state index contributed by atoms with van der Waals surface area (Å²) in [4.78, 5) is 37.6. The van der Waals surface area contributed by atoms with Crippen LogP contribution in [0.5, 0.6) is 0 Å². The summed E-state index contributed by atoms with van der Waals surface area (Å²) in [6, 6.07) is 0. The van der Waals surface area contributed by atoms with E-state index in [9.17, 15) is 19.5 Å². The molecule has 0 aromatic heterocycles. The number of rotatable bonds is 63. The molecule has 2 unspecified atom stereocenters. The van der Waals surface area contributed by atoms with Crippen LogP contribution in [0.15, 0.2) is 122 Å². The van der Waals surface area contributed by atoms with Crippen LogP contribution in [0.25, 0.3) is 0 Å². The number of ether oxygens (including phenoxy) is 4. The van der Waals surface area contributed by atoms with E-state index in [0.29, 0.717) is 17.4 Å². The van der Waals surface area contributed by atoms with E-state index in [1.54, 1.807) is 0 Å². The van der Waals surface area contributed by atoms with Crippen LogP contribution in [-0.4, -0.2) is 87.4 Å². The molecule has 0 spiro atoms. The largest absolute Gasteiger partial charge is 0.477 e. The van der Waals surface area contributed by atoms with E-state index in [0.717, 1.165) is 96.3 Å². The van der Waals surface area contributed by atoms with Crippen LogP contribution in [-0.2, 0) is 33.3 Å². The quantitative estimate of drug-likeness (QED) is 0.0211. The lowest BCUT2D eigenvalue weighted by Crippen LogP contribution is -2.40. The van der Waals surface area contributed by atoms with Gasteiger partial charge in [0, 0.05) is 12.8 Å². The SMILES string of the molecule is CC/C=C\C/C=C\C/C=C\C/C=C\C/C=C\C/C=C\C/C=C\C/C=C\CCCCCCCCCCCCCCCCCCC(=O)OC(COC(=O)CCCCCCCCCCC/C=C\C/C=C\CCCCC)COC(OCC[N+](C)(C)C)C(=O)O. The Morgan fingerprint density at radius 1 is 0.365 bits per heavy atom. The number of carboxylic acids is 1. The fourth-order valence-electron chi connectivity index (χ4n) is 9.41. The van der Waals surface area contributed by atoms with Crippen LogP contribution in [0.2, 0.25) is 0 Å². The second-order valence-electron chi connectivity index (χ2n) is 24.1. The molecule has 486 valence electrons. The Bertz CT molecular complexity index is 1810. The van der Waals surface area contributed by atoms with E-state index in [1.807, 2.05) is 21.1 Å². The first-order valence-corrected chi connectivity index (χ1v) is 34.7. The summed E-state index contributed by atoms with van der Waals surface area (Å²) < 4.78 is 22.9. The van der Waals surface area contributed by atoms with Crippen LogP contribution >= 0.6 is 0 Å². The number of hydrogen-bond donors (Lipinski definition) is 1. The predicted molar refractivity (Wildman–Crippen MR) is 364 cm³/mol. The Hall–Kier alpha value is -4.31. The normalized spacial score (nSPS) is 13.5. The molecule has 0 aromatic carbocycles. The maximum Gasteiger partial charge on any atom is 0.361 e. The maximum absolute atomic E-state index is 12.9. The summed E-state index contributed by atoms with van der Waals surface area (Å²) in [5, 5.41) is 9.73. The highest BCUT2D eigenvalue weighted by Gasteiger charge is 2.25. The number of likely N-dealkylation sites (N-methyl/N-ethyl adjacent to an activating group) is 1. The Kier molecular flexibility index (Phi) is 62.3. The molecule has 0 radical (unpaired) electrons. The fourth-order valence-corrected chi connectivity index (χ4v) is 9.41. The van der Waals surface area contributed by atoms with Gasteiger partial charge in [0.05, 0.1) is 34.4 Å². The van der Waals surface area contributed by atoms with Gasteiger partial charge < -0.3 is 28.5 Å². The van der Waals surface area contributed by atoms with E-state index >= 15 is 0 Å². The monoisotopic (exact) mass is 1180 g/mol. The van der Waals surface area contributed by atoms with Crippen molar-refractivity contribution in [3.8, 4) is 0 Å². The average Bonchev–Trinajstić information content (AvgIpc) is 3.49. The number of unbranched alkanes of at least 4 members (excludes halogenated alkanes) is 28. The van der Waals surface area contributed by atoms with Gasteiger partial charge >= 0.3 is 17.9 Å². The molecular weight excluding hydrogens is 1050 g/mol. The van der Waals surface area contributed by atoms with Crippen LogP contribution in [0.3, 0.4) is 0 Å². The number of hydrogen-bond acceptors (Lipinski definition) is 7. The minimum atomic E-state index is -1.52. The summed E-state index contributed by atoms with van der Waals surface area (Å²) in [6.07, 6.45) is 90.2. The van der Waals surface area contributed by atoms with E-state index < -0.39 is 24.3 Å². The second-order valence-corrected chi connectivity index (χ2v) is 24.1. The number of carbonyl (C=O) groups excluding carboxylic acids is 2. The summed E-state index contributed by atoms with van der Waals surface area (Å²) in [7, 11) is 5.97. The minimum Gasteiger partial charge on any atom is -0.477 e. The van der Waals surface area contributed by atoms with Gasteiger partial charge in [0.25, 0.3) is 6.29 Å².